The van der Waals surface area contributed by atoms with E-state index in [0.717, 1.165) is 31.4 Å². The van der Waals surface area contributed by atoms with Crippen molar-refractivity contribution in [3.8, 4) is 5.95 Å². The second kappa shape index (κ2) is 6.71. The first-order valence-corrected chi connectivity index (χ1v) is 8.98. The minimum Gasteiger partial charge on any atom is -0.348 e. The smallest absolute Gasteiger partial charge is 0.270 e. The fourth-order valence-corrected chi connectivity index (χ4v) is 3.48. The maximum absolute atomic E-state index is 12.7. The van der Waals surface area contributed by atoms with Gasteiger partial charge in [0.15, 0.2) is 0 Å². The molecule has 2 fully saturated rings. The van der Waals surface area contributed by atoms with Crippen LogP contribution in [-0.2, 0) is 0 Å². The van der Waals surface area contributed by atoms with E-state index in [1.54, 1.807) is 17.1 Å². The average Bonchev–Trinajstić information content (AvgIpc) is 3.08. The fraction of sp³-hybridized carbons (Fsp3) is 0.556. The average molecular weight is 325 g/mol. The Balaban J connectivity index is 1.60. The quantitative estimate of drug-likeness (QED) is 0.938. The summed E-state index contributed by atoms with van der Waals surface area (Å²) in [5.74, 6) is 0.911. The Hall–Kier alpha value is -2.24. The van der Waals surface area contributed by atoms with E-state index in [0.29, 0.717) is 17.6 Å². The van der Waals surface area contributed by atoms with Gasteiger partial charge in [0.05, 0.1) is 0 Å². The zero-order valence-corrected chi connectivity index (χ0v) is 13.8. The lowest BCUT2D eigenvalue weighted by Gasteiger charge is -2.26. The van der Waals surface area contributed by atoms with Crippen LogP contribution in [0.25, 0.3) is 5.95 Å². The molecule has 0 atom stereocenters. The zero-order chi connectivity index (χ0) is 16.4. The predicted octanol–water partition coefficient (Wildman–Crippen LogP) is 2.99. The van der Waals surface area contributed by atoms with Crippen LogP contribution in [-0.4, -0.2) is 31.5 Å². The van der Waals surface area contributed by atoms with E-state index in [9.17, 15) is 4.79 Å². The van der Waals surface area contributed by atoms with Gasteiger partial charge in [0.2, 0.25) is 5.95 Å². The van der Waals surface area contributed by atoms with Gasteiger partial charge in [-0.05, 0) is 31.7 Å². The van der Waals surface area contributed by atoms with Crippen molar-refractivity contribution in [2.75, 3.05) is 0 Å². The topological polar surface area (TPSA) is 72.7 Å². The molecule has 2 heterocycles. The van der Waals surface area contributed by atoms with Crippen LogP contribution >= 0.6 is 0 Å². The molecular weight excluding hydrogens is 302 g/mol. The van der Waals surface area contributed by atoms with Crippen LogP contribution in [0, 0.1) is 0 Å². The highest BCUT2D eigenvalue weighted by atomic mass is 16.1. The first kappa shape index (κ1) is 15.3. The molecule has 2 aromatic rings. The summed E-state index contributed by atoms with van der Waals surface area (Å²) in [4.78, 5) is 25.9. The molecule has 0 radical (unpaired) electrons. The van der Waals surface area contributed by atoms with Gasteiger partial charge in [0.25, 0.3) is 5.91 Å². The van der Waals surface area contributed by atoms with E-state index in [1.165, 1.54) is 25.7 Å². The third-order valence-electron chi connectivity index (χ3n) is 5.17. The van der Waals surface area contributed by atoms with E-state index in [4.69, 9.17) is 0 Å². The molecule has 126 valence electrons. The number of aromatic nitrogens is 4. The highest BCUT2D eigenvalue weighted by Gasteiger charge is 2.25. The Bertz CT molecular complexity index is 702. The summed E-state index contributed by atoms with van der Waals surface area (Å²) >= 11 is 0. The summed E-state index contributed by atoms with van der Waals surface area (Å²) in [6.45, 7) is 0. The second-order valence-electron chi connectivity index (χ2n) is 6.88. The van der Waals surface area contributed by atoms with Gasteiger partial charge in [0.1, 0.15) is 12.0 Å². The number of nitrogens with zero attached hydrogens (tertiary/aromatic N) is 4. The first-order chi connectivity index (χ1) is 11.8. The minimum atomic E-state index is -0.0776. The zero-order valence-electron chi connectivity index (χ0n) is 13.8. The molecule has 1 amide bonds. The van der Waals surface area contributed by atoms with Crippen LogP contribution in [0.3, 0.4) is 0 Å². The van der Waals surface area contributed by atoms with Gasteiger partial charge in [-0.1, -0.05) is 25.7 Å². The Morgan fingerprint density at radius 2 is 1.92 bits per heavy atom. The lowest BCUT2D eigenvalue weighted by atomic mass is 9.82. The monoisotopic (exact) mass is 325 g/mol. The highest BCUT2D eigenvalue weighted by molar-refractivity contribution is 5.92. The summed E-state index contributed by atoms with van der Waals surface area (Å²) in [5, 5.41) is 3.16. The van der Waals surface area contributed by atoms with Crippen LogP contribution in [0.2, 0.25) is 0 Å². The standard InChI is InChI=1S/C18H23N5O/c24-17(20-14-7-2-1-3-8-14)16-11-15(13-5-4-6-13)21-18(22-16)23-10-9-19-12-23/h9-14H,1-8H2,(H,20,24). The number of hydrogen-bond acceptors (Lipinski definition) is 4. The molecule has 2 saturated carbocycles. The summed E-state index contributed by atoms with van der Waals surface area (Å²) in [5.41, 5.74) is 1.45. The van der Waals surface area contributed by atoms with E-state index in [2.05, 4.69) is 20.3 Å². The summed E-state index contributed by atoms with van der Waals surface area (Å²) in [6, 6.07) is 2.16. The maximum Gasteiger partial charge on any atom is 0.270 e. The van der Waals surface area contributed by atoms with E-state index < -0.39 is 0 Å². The van der Waals surface area contributed by atoms with E-state index in [1.807, 2.05) is 12.3 Å². The fourth-order valence-electron chi connectivity index (χ4n) is 3.48. The van der Waals surface area contributed by atoms with E-state index in [-0.39, 0.29) is 11.9 Å². The number of amides is 1. The Labute approximate surface area is 141 Å². The van der Waals surface area contributed by atoms with Crippen molar-refractivity contribution in [2.24, 2.45) is 0 Å². The van der Waals surface area contributed by atoms with Crippen LogP contribution < -0.4 is 5.32 Å². The first-order valence-electron chi connectivity index (χ1n) is 8.98. The number of hydrogen-bond donors (Lipinski definition) is 1. The van der Waals surface area contributed by atoms with Gasteiger partial charge < -0.3 is 5.32 Å². The molecule has 0 aromatic carbocycles. The van der Waals surface area contributed by atoms with Gasteiger partial charge >= 0.3 is 0 Å². The maximum atomic E-state index is 12.7. The summed E-state index contributed by atoms with van der Waals surface area (Å²) < 4.78 is 1.76. The molecule has 24 heavy (non-hydrogen) atoms. The minimum absolute atomic E-state index is 0.0776. The normalized spacial score (nSPS) is 19.0. The molecule has 4 rings (SSSR count). The summed E-state index contributed by atoms with van der Waals surface area (Å²) in [7, 11) is 0. The van der Waals surface area contributed by atoms with E-state index >= 15 is 0 Å². The molecule has 0 spiro atoms. The predicted molar refractivity (Wildman–Crippen MR) is 90.1 cm³/mol. The van der Waals surface area contributed by atoms with Crippen LogP contribution in [0.5, 0.6) is 0 Å². The van der Waals surface area contributed by atoms with Crippen LogP contribution in [0.15, 0.2) is 24.8 Å². The van der Waals surface area contributed by atoms with Gasteiger partial charge in [-0.3, -0.25) is 9.36 Å². The van der Waals surface area contributed by atoms with Crippen molar-refractivity contribution in [3.05, 3.63) is 36.2 Å². The lowest BCUT2D eigenvalue weighted by Crippen LogP contribution is -2.37. The van der Waals surface area contributed by atoms with Crippen molar-refractivity contribution in [1.82, 2.24) is 24.8 Å². The Morgan fingerprint density at radius 3 is 2.58 bits per heavy atom. The molecule has 6 heteroatoms. The van der Waals surface area contributed by atoms with Gasteiger partial charge in [0, 0.05) is 30.0 Å². The Morgan fingerprint density at radius 1 is 1.08 bits per heavy atom. The molecule has 2 aromatic heterocycles. The molecule has 6 nitrogen and oxygen atoms in total. The molecule has 0 bridgehead atoms. The number of carbonyl (C=O) groups is 1. The third-order valence-corrected chi connectivity index (χ3v) is 5.17. The van der Waals surface area contributed by atoms with Crippen molar-refractivity contribution >= 4 is 5.91 Å². The van der Waals surface area contributed by atoms with Gasteiger partial charge in [-0.25, -0.2) is 15.0 Å². The number of rotatable bonds is 4. The molecule has 1 N–H and O–H groups in total. The van der Waals surface area contributed by atoms with Crippen molar-refractivity contribution in [3.63, 3.8) is 0 Å². The molecule has 2 aliphatic rings. The molecule has 0 saturated heterocycles. The third kappa shape index (κ3) is 3.18. The van der Waals surface area contributed by atoms with Crippen molar-refractivity contribution in [1.29, 1.82) is 0 Å². The van der Waals surface area contributed by atoms with Crippen molar-refractivity contribution < 1.29 is 4.79 Å². The molecule has 0 unspecified atom stereocenters. The number of carbonyl (C=O) groups excluding carboxylic acids is 1. The highest BCUT2D eigenvalue weighted by Crippen LogP contribution is 2.35. The molecular formula is C18H23N5O. The van der Waals surface area contributed by atoms with Crippen LogP contribution in [0.1, 0.15) is 73.5 Å². The number of imidazole rings is 1. The molecule has 0 aliphatic heterocycles. The van der Waals surface area contributed by atoms with Crippen molar-refractivity contribution in [2.45, 2.75) is 63.3 Å². The Kier molecular flexibility index (Phi) is 4.28. The largest absolute Gasteiger partial charge is 0.348 e. The molecule has 2 aliphatic carbocycles. The van der Waals surface area contributed by atoms with Crippen LogP contribution in [0.4, 0.5) is 0 Å². The van der Waals surface area contributed by atoms with Gasteiger partial charge in [-0.2, -0.15) is 0 Å². The lowest BCUT2D eigenvalue weighted by molar-refractivity contribution is 0.0922. The second-order valence-corrected chi connectivity index (χ2v) is 6.88. The summed E-state index contributed by atoms with van der Waals surface area (Å²) in [6.07, 6.45) is 14.5. The number of nitrogens with one attached hydrogen (secondary N) is 1. The van der Waals surface area contributed by atoms with Gasteiger partial charge in [-0.15, -0.1) is 0 Å². The SMILES string of the molecule is O=C(NC1CCCCC1)c1cc(C2CCC2)nc(-n2ccnc2)n1.